The van der Waals surface area contributed by atoms with E-state index < -0.39 is 0 Å². The van der Waals surface area contributed by atoms with E-state index >= 15 is 0 Å². The van der Waals surface area contributed by atoms with Crippen LogP contribution >= 0.6 is 23.7 Å². The lowest BCUT2D eigenvalue weighted by molar-refractivity contribution is -0.122. The molecule has 1 aromatic heterocycles. The van der Waals surface area contributed by atoms with Crippen molar-refractivity contribution in [3.05, 3.63) is 20.2 Å². The first-order chi connectivity index (χ1) is 9.47. The van der Waals surface area contributed by atoms with Gasteiger partial charge in [-0.2, -0.15) is 0 Å². The number of amides is 1. The fourth-order valence-corrected chi connectivity index (χ4v) is 3.48. The molecule has 2 N–H and O–H groups in total. The average molecular weight is 334 g/mol. The van der Waals surface area contributed by atoms with Gasteiger partial charge in [0.25, 0.3) is 0 Å². The Balaban J connectivity index is 0.00000220. The number of halogens is 1. The third kappa shape index (κ3) is 4.83. The molecule has 1 amide bonds. The summed E-state index contributed by atoms with van der Waals surface area (Å²) in [5.74, 6) is 0.0410. The van der Waals surface area contributed by atoms with Crippen LogP contribution in [0, 0.1) is 13.8 Å². The van der Waals surface area contributed by atoms with Crippen LogP contribution in [-0.2, 0) is 11.3 Å². The van der Waals surface area contributed by atoms with Crippen molar-refractivity contribution >= 4 is 29.7 Å². The molecular weight excluding hydrogens is 310 g/mol. The SMILES string of the molecule is Cc1sc(=O)n(CCC(=O)NC2CCNC(C)C2)c1C.Cl. The minimum absolute atomic E-state index is 0. The number of hydrogen-bond donors (Lipinski definition) is 2. The van der Waals surface area contributed by atoms with Gasteiger partial charge in [-0.1, -0.05) is 11.3 Å². The van der Waals surface area contributed by atoms with E-state index in [-0.39, 0.29) is 29.2 Å². The molecule has 1 aliphatic rings. The molecule has 1 aromatic rings. The summed E-state index contributed by atoms with van der Waals surface area (Å²) in [7, 11) is 0. The lowest BCUT2D eigenvalue weighted by Gasteiger charge is -2.28. The Morgan fingerprint density at radius 1 is 1.48 bits per heavy atom. The number of rotatable bonds is 4. The van der Waals surface area contributed by atoms with Crippen LogP contribution in [0.15, 0.2) is 4.79 Å². The zero-order chi connectivity index (χ0) is 14.7. The summed E-state index contributed by atoms with van der Waals surface area (Å²) >= 11 is 1.25. The van der Waals surface area contributed by atoms with Gasteiger partial charge in [-0.15, -0.1) is 12.4 Å². The summed E-state index contributed by atoms with van der Waals surface area (Å²) in [6, 6.07) is 0.721. The lowest BCUT2D eigenvalue weighted by Crippen LogP contribution is -2.46. The number of hydrogen-bond acceptors (Lipinski definition) is 4. The van der Waals surface area contributed by atoms with Gasteiger partial charge in [-0.25, -0.2) is 0 Å². The maximum atomic E-state index is 12.0. The quantitative estimate of drug-likeness (QED) is 0.879. The van der Waals surface area contributed by atoms with Gasteiger partial charge in [0.1, 0.15) is 0 Å². The van der Waals surface area contributed by atoms with E-state index in [0.29, 0.717) is 19.0 Å². The minimum atomic E-state index is 0. The predicted molar refractivity (Wildman–Crippen MR) is 88.5 cm³/mol. The van der Waals surface area contributed by atoms with Gasteiger partial charge in [0.15, 0.2) is 0 Å². The fourth-order valence-electron chi connectivity index (χ4n) is 2.62. The predicted octanol–water partition coefficient (Wildman–Crippen LogP) is 1.60. The lowest BCUT2D eigenvalue weighted by atomic mass is 10.0. The highest BCUT2D eigenvalue weighted by molar-refractivity contribution is 7.09. The smallest absolute Gasteiger partial charge is 0.307 e. The molecule has 5 nitrogen and oxygen atoms in total. The van der Waals surface area contributed by atoms with Crippen molar-refractivity contribution in [1.82, 2.24) is 15.2 Å². The maximum Gasteiger partial charge on any atom is 0.307 e. The Morgan fingerprint density at radius 3 is 2.76 bits per heavy atom. The van der Waals surface area contributed by atoms with Crippen molar-refractivity contribution in [2.24, 2.45) is 0 Å². The molecule has 0 bridgehead atoms. The third-order valence-electron chi connectivity index (χ3n) is 3.93. The van der Waals surface area contributed by atoms with E-state index in [2.05, 4.69) is 17.6 Å². The number of thiazole rings is 1. The van der Waals surface area contributed by atoms with Gasteiger partial charge in [-0.3, -0.25) is 9.59 Å². The van der Waals surface area contributed by atoms with Crippen molar-refractivity contribution in [3.63, 3.8) is 0 Å². The zero-order valence-corrected chi connectivity index (χ0v) is 14.4. The van der Waals surface area contributed by atoms with Crippen LogP contribution in [0.25, 0.3) is 0 Å². The molecule has 2 rings (SSSR count). The number of nitrogens with one attached hydrogen (secondary N) is 2. The molecule has 1 fully saturated rings. The van der Waals surface area contributed by atoms with E-state index in [0.717, 1.165) is 30.0 Å². The first-order valence-electron chi connectivity index (χ1n) is 7.17. The van der Waals surface area contributed by atoms with E-state index in [1.165, 1.54) is 11.3 Å². The van der Waals surface area contributed by atoms with Crippen molar-refractivity contribution in [2.75, 3.05) is 6.54 Å². The van der Waals surface area contributed by atoms with Gasteiger partial charge in [-0.05, 0) is 40.2 Å². The van der Waals surface area contributed by atoms with Gasteiger partial charge < -0.3 is 15.2 Å². The summed E-state index contributed by atoms with van der Waals surface area (Å²) in [5, 5.41) is 6.44. The second-order valence-corrected chi connectivity index (χ2v) is 6.72. The summed E-state index contributed by atoms with van der Waals surface area (Å²) in [6.45, 7) is 7.43. The topological polar surface area (TPSA) is 63.1 Å². The first kappa shape index (κ1) is 18.2. The van der Waals surface area contributed by atoms with E-state index in [9.17, 15) is 9.59 Å². The molecule has 0 radical (unpaired) electrons. The van der Waals surface area contributed by atoms with Crippen molar-refractivity contribution < 1.29 is 4.79 Å². The normalized spacial score (nSPS) is 21.7. The number of carbonyl (C=O) groups excluding carboxylic acids is 1. The molecule has 21 heavy (non-hydrogen) atoms. The van der Waals surface area contributed by atoms with Crippen molar-refractivity contribution in [2.45, 2.75) is 58.7 Å². The Hall–Kier alpha value is -0.850. The second-order valence-electron chi connectivity index (χ2n) is 5.56. The van der Waals surface area contributed by atoms with Crippen LogP contribution in [0.2, 0.25) is 0 Å². The van der Waals surface area contributed by atoms with Crippen LogP contribution < -0.4 is 15.5 Å². The molecule has 0 aromatic carbocycles. The van der Waals surface area contributed by atoms with Gasteiger partial charge in [0, 0.05) is 35.6 Å². The van der Waals surface area contributed by atoms with Gasteiger partial charge in [0.2, 0.25) is 5.91 Å². The second kappa shape index (κ2) is 7.96. The van der Waals surface area contributed by atoms with Gasteiger partial charge >= 0.3 is 4.87 Å². The average Bonchev–Trinajstić information content (AvgIpc) is 2.61. The van der Waals surface area contributed by atoms with Crippen LogP contribution in [0.3, 0.4) is 0 Å². The number of aryl methyl sites for hydroxylation is 1. The molecule has 0 spiro atoms. The summed E-state index contributed by atoms with van der Waals surface area (Å²) in [4.78, 5) is 24.8. The van der Waals surface area contributed by atoms with Crippen LogP contribution in [0.1, 0.15) is 36.8 Å². The molecule has 7 heteroatoms. The minimum Gasteiger partial charge on any atom is -0.353 e. The highest BCUT2D eigenvalue weighted by atomic mass is 35.5. The fraction of sp³-hybridized carbons (Fsp3) is 0.714. The Bertz CT molecular complexity index is 541. The summed E-state index contributed by atoms with van der Waals surface area (Å²) in [6.07, 6.45) is 2.32. The van der Waals surface area contributed by atoms with Crippen molar-refractivity contribution in [1.29, 1.82) is 0 Å². The number of carbonyl (C=O) groups is 1. The molecule has 2 unspecified atom stereocenters. The molecule has 2 heterocycles. The molecular formula is C14H24ClN3O2S. The third-order valence-corrected chi connectivity index (χ3v) is 4.92. The Kier molecular flexibility index (Phi) is 6.90. The molecule has 0 aliphatic carbocycles. The van der Waals surface area contributed by atoms with Gasteiger partial charge in [0.05, 0.1) is 0 Å². The molecule has 2 atom stereocenters. The zero-order valence-electron chi connectivity index (χ0n) is 12.8. The molecule has 1 aliphatic heterocycles. The standard InChI is InChI=1S/C14H23N3O2S.ClH/c1-9-8-12(4-6-15-9)16-13(18)5-7-17-10(2)11(3)20-14(17)19;/h9,12,15H,4-8H2,1-3H3,(H,16,18);1H. The van der Waals surface area contributed by atoms with E-state index in [1.54, 1.807) is 4.57 Å². The Morgan fingerprint density at radius 2 is 2.19 bits per heavy atom. The van der Waals surface area contributed by atoms with E-state index in [1.807, 2.05) is 13.8 Å². The van der Waals surface area contributed by atoms with Crippen LogP contribution in [0.4, 0.5) is 0 Å². The van der Waals surface area contributed by atoms with Crippen LogP contribution in [-0.4, -0.2) is 29.1 Å². The highest BCUT2D eigenvalue weighted by Crippen LogP contribution is 2.11. The number of aromatic nitrogens is 1. The largest absolute Gasteiger partial charge is 0.353 e. The number of nitrogens with zero attached hydrogens (tertiary/aromatic N) is 1. The first-order valence-corrected chi connectivity index (χ1v) is 7.98. The van der Waals surface area contributed by atoms with Crippen LogP contribution in [0.5, 0.6) is 0 Å². The summed E-state index contributed by atoms with van der Waals surface area (Å²) in [5.41, 5.74) is 0.975. The number of piperidine rings is 1. The highest BCUT2D eigenvalue weighted by Gasteiger charge is 2.20. The van der Waals surface area contributed by atoms with E-state index in [4.69, 9.17) is 0 Å². The molecule has 1 saturated heterocycles. The van der Waals surface area contributed by atoms with Crippen molar-refractivity contribution in [3.8, 4) is 0 Å². The maximum absolute atomic E-state index is 12.0. The molecule has 120 valence electrons. The molecule has 0 saturated carbocycles. The summed E-state index contributed by atoms with van der Waals surface area (Å²) < 4.78 is 1.70. The monoisotopic (exact) mass is 333 g/mol. The Labute approximate surface area is 135 Å².